The molecule has 0 fully saturated rings. The second-order valence-corrected chi connectivity index (χ2v) is 5.63. The molecule has 0 saturated heterocycles. The summed E-state index contributed by atoms with van der Waals surface area (Å²) in [5.74, 6) is 1.34. The molecule has 1 aromatic heterocycles. The maximum absolute atomic E-state index is 10.4. The third-order valence-electron chi connectivity index (χ3n) is 2.02. The van der Waals surface area contributed by atoms with E-state index in [1.807, 2.05) is 0 Å². The number of hydrogen-bond acceptors (Lipinski definition) is 2. The molecule has 1 heterocycles. The van der Waals surface area contributed by atoms with E-state index in [1.54, 1.807) is 0 Å². The van der Waals surface area contributed by atoms with Gasteiger partial charge in [0.05, 0.1) is 0 Å². The summed E-state index contributed by atoms with van der Waals surface area (Å²) in [5, 5.41) is 10.9. The van der Waals surface area contributed by atoms with Crippen molar-refractivity contribution in [3.05, 3.63) is 13.2 Å². The second-order valence-electron chi connectivity index (χ2n) is 3.59. The molecule has 0 bridgehead atoms. The van der Waals surface area contributed by atoms with Crippen LogP contribution < -0.4 is 5.32 Å². The van der Waals surface area contributed by atoms with Gasteiger partial charge in [0, 0.05) is 19.0 Å². The lowest BCUT2D eigenvalue weighted by Crippen LogP contribution is -2.26. The van der Waals surface area contributed by atoms with Crippen molar-refractivity contribution in [3.63, 3.8) is 0 Å². The van der Waals surface area contributed by atoms with Gasteiger partial charge in [-0.1, -0.05) is 13.8 Å². The molecule has 90 valence electrons. The third-order valence-corrected chi connectivity index (χ3v) is 4.90. The summed E-state index contributed by atoms with van der Waals surface area (Å²) in [6.45, 7) is 5.18. The summed E-state index contributed by atoms with van der Waals surface area (Å²) in [5.41, 5.74) is 0. The largest absolute Gasteiger partial charge is 0.465 e. The van der Waals surface area contributed by atoms with Gasteiger partial charge < -0.3 is 15.0 Å². The number of halogens is 2. The number of nitrogens with zero attached hydrogens (tertiary/aromatic N) is 2. The normalized spacial score (nSPS) is 10.8. The number of amides is 1. The average Bonchev–Trinajstić information content (AvgIpc) is 2.45. The first-order valence-corrected chi connectivity index (χ1v) is 6.97. The van der Waals surface area contributed by atoms with Gasteiger partial charge >= 0.3 is 6.09 Å². The Morgan fingerprint density at radius 2 is 2.19 bits per heavy atom. The van der Waals surface area contributed by atoms with Crippen LogP contribution in [-0.2, 0) is 6.54 Å². The average molecular weight is 449 g/mol. The number of imidazole rings is 1. The van der Waals surface area contributed by atoms with Crippen molar-refractivity contribution in [2.45, 2.75) is 26.3 Å². The van der Waals surface area contributed by atoms with Gasteiger partial charge in [0.25, 0.3) is 0 Å². The molecule has 16 heavy (non-hydrogen) atoms. The first kappa shape index (κ1) is 14.0. The van der Waals surface area contributed by atoms with Crippen LogP contribution in [0.5, 0.6) is 0 Å². The maximum Gasteiger partial charge on any atom is 0.404 e. The Bertz CT molecular complexity index is 390. The predicted molar refractivity (Wildman–Crippen MR) is 77.8 cm³/mol. The molecule has 1 aromatic rings. The Hall–Kier alpha value is -0.0600. The van der Waals surface area contributed by atoms with Gasteiger partial charge in [-0.2, -0.15) is 0 Å². The number of carbonyl (C=O) groups is 1. The highest BCUT2D eigenvalue weighted by Crippen LogP contribution is 2.21. The zero-order chi connectivity index (χ0) is 12.3. The fourth-order valence-corrected chi connectivity index (χ4v) is 2.49. The van der Waals surface area contributed by atoms with Gasteiger partial charge in [-0.25, -0.2) is 9.78 Å². The molecule has 0 aliphatic rings. The highest BCUT2D eigenvalue weighted by Gasteiger charge is 2.15. The summed E-state index contributed by atoms with van der Waals surface area (Å²) in [4.78, 5) is 14.8. The van der Waals surface area contributed by atoms with Gasteiger partial charge in [-0.05, 0) is 45.2 Å². The molecule has 0 spiro atoms. The molecule has 0 saturated carbocycles. The summed E-state index contributed by atoms with van der Waals surface area (Å²) >= 11 is 4.43. The van der Waals surface area contributed by atoms with Crippen LogP contribution in [0.25, 0.3) is 0 Å². The van der Waals surface area contributed by atoms with Crippen molar-refractivity contribution in [1.82, 2.24) is 14.9 Å². The molecule has 0 unspecified atom stereocenters. The predicted octanol–water partition coefficient (Wildman–Crippen LogP) is 2.48. The van der Waals surface area contributed by atoms with Crippen LogP contribution in [0.1, 0.15) is 25.6 Å². The van der Waals surface area contributed by atoms with Crippen LogP contribution in [0, 0.1) is 7.40 Å². The Labute approximate surface area is 121 Å². The number of nitrogens with one attached hydrogen (secondary N) is 1. The van der Waals surface area contributed by atoms with Crippen molar-refractivity contribution in [1.29, 1.82) is 0 Å². The van der Waals surface area contributed by atoms with Crippen molar-refractivity contribution in [3.8, 4) is 0 Å². The first-order valence-electron chi connectivity index (χ1n) is 4.81. The van der Waals surface area contributed by atoms with E-state index in [9.17, 15) is 4.79 Å². The summed E-state index contributed by atoms with van der Waals surface area (Å²) in [7, 11) is 0. The summed E-state index contributed by atoms with van der Waals surface area (Å²) in [6, 6.07) is 0. The Kier molecular flexibility index (Phi) is 5.28. The fourth-order valence-electron chi connectivity index (χ4n) is 1.35. The highest BCUT2D eigenvalue weighted by atomic mass is 127. The van der Waals surface area contributed by atoms with Crippen LogP contribution in [0.4, 0.5) is 4.79 Å². The molecule has 5 nitrogen and oxygen atoms in total. The van der Waals surface area contributed by atoms with Crippen LogP contribution in [0.2, 0.25) is 0 Å². The molecular weight excluding hydrogens is 436 g/mol. The quantitative estimate of drug-likeness (QED) is 0.695. The van der Waals surface area contributed by atoms with Crippen molar-refractivity contribution in [2.24, 2.45) is 0 Å². The molecule has 0 aromatic carbocycles. The molecule has 0 aliphatic carbocycles. The second kappa shape index (κ2) is 6.03. The third kappa shape index (κ3) is 3.47. The van der Waals surface area contributed by atoms with E-state index in [4.69, 9.17) is 5.11 Å². The first-order chi connectivity index (χ1) is 7.43. The molecule has 0 aliphatic heterocycles. The minimum Gasteiger partial charge on any atom is -0.465 e. The molecule has 0 atom stereocenters. The number of aromatic nitrogens is 2. The Morgan fingerprint density at radius 1 is 1.56 bits per heavy atom. The summed E-state index contributed by atoms with van der Waals surface area (Å²) in [6.07, 6.45) is -0.990. The molecular formula is C9H13I2N3O2. The van der Waals surface area contributed by atoms with E-state index in [1.165, 1.54) is 0 Å². The van der Waals surface area contributed by atoms with E-state index >= 15 is 0 Å². The number of hydrogen-bond donors (Lipinski definition) is 2. The molecule has 1 amide bonds. The molecule has 0 radical (unpaired) electrons. The SMILES string of the molecule is CC(C)c1nc(I)c(I)n1CCNC(=O)O. The van der Waals surface area contributed by atoms with Crippen LogP contribution >= 0.6 is 45.2 Å². The van der Waals surface area contributed by atoms with Crippen molar-refractivity contribution in [2.75, 3.05) is 6.54 Å². The molecule has 1 rings (SSSR count). The van der Waals surface area contributed by atoms with Crippen LogP contribution in [0.3, 0.4) is 0 Å². The lowest BCUT2D eigenvalue weighted by atomic mass is 10.2. The lowest BCUT2D eigenvalue weighted by molar-refractivity contribution is 0.194. The highest BCUT2D eigenvalue weighted by molar-refractivity contribution is 14.1. The van der Waals surface area contributed by atoms with E-state index in [2.05, 4.69) is 73.9 Å². The molecule has 7 heteroatoms. The fraction of sp³-hybridized carbons (Fsp3) is 0.556. The van der Waals surface area contributed by atoms with Crippen LogP contribution in [0.15, 0.2) is 0 Å². The monoisotopic (exact) mass is 449 g/mol. The maximum atomic E-state index is 10.4. The van der Waals surface area contributed by atoms with Crippen molar-refractivity contribution >= 4 is 51.3 Å². The zero-order valence-electron chi connectivity index (χ0n) is 9.00. The van der Waals surface area contributed by atoms with Gasteiger partial charge in [0.2, 0.25) is 0 Å². The standard InChI is InChI=1S/C9H13I2N3O2/c1-5(2)8-13-6(10)7(11)14(8)4-3-12-9(15)16/h5,12H,3-4H2,1-2H3,(H,15,16). The minimum absolute atomic E-state index is 0.335. The molecule has 2 N–H and O–H groups in total. The van der Waals surface area contributed by atoms with Crippen LogP contribution in [-0.4, -0.2) is 27.3 Å². The van der Waals surface area contributed by atoms with Gasteiger partial charge in [-0.15, -0.1) is 0 Å². The topological polar surface area (TPSA) is 67.2 Å². The Balaban J connectivity index is 2.80. The van der Waals surface area contributed by atoms with E-state index in [-0.39, 0.29) is 0 Å². The van der Waals surface area contributed by atoms with E-state index < -0.39 is 6.09 Å². The Morgan fingerprint density at radius 3 is 2.69 bits per heavy atom. The zero-order valence-corrected chi connectivity index (χ0v) is 13.3. The van der Waals surface area contributed by atoms with E-state index in [0.717, 1.165) is 13.2 Å². The van der Waals surface area contributed by atoms with E-state index in [0.29, 0.717) is 19.0 Å². The van der Waals surface area contributed by atoms with Gasteiger partial charge in [0.1, 0.15) is 13.2 Å². The smallest absolute Gasteiger partial charge is 0.404 e. The minimum atomic E-state index is -0.990. The number of rotatable bonds is 4. The van der Waals surface area contributed by atoms with Gasteiger partial charge in [0.15, 0.2) is 0 Å². The summed E-state index contributed by atoms with van der Waals surface area (Å²) < 4.78 is 4.09. The van der Waals surface area contributed by atoms with Gasteiger partial charge in [-0.3, -0.25) is 0 Å². The number of carboxylic acid groups (broad SMARTS) is 1. The van der Waals surface area contributed by atoms with Crippen molar-refractivity contribution < 1.29 is 9.90 Å². The lowest BCUT2D eigenvalue weighted by Gasteiger charge is -2.11.